The van der Waals surface area contributed by atoms with Crippen molar-refractivity contribution in [2.24, 2.45) is 0 Å². The zero-order chi connectivity index (χ0) is 24.9. The summed E-state index contributed by atoms with van der Waals surface area (Å²) in [6.45, 7) is 1.32. The van der Waals surface area contributed by atoms with Crippen LogP contribution in [0.25, 0.3) is 0 Å². The minimum absolute atomic E-state index is 0.250. The summed E-state index contributed by atoms with van der Waals surface area (Å²) in [5.41, 5.74) is -2.28. The maximum absolute atomic E-state index is 14.9. The van der Waals surface area contributed by atoms with E-state index in [1.54, 1.807) is 0 Å². The van der Waals surface area contributed by atoms with Gasteiger partial charge in [-0.3, -0.25) is 0 Å². The Morgan fingerprint density at radius 3 is 1.27 bits per heavy atom. The van der Waals surface area contributed by atoms with Gasteiger partial charge in [-0.2, -0.15) is 0 Å². The molecule has 3 rings (SSSR count). The van der Waals surface area contributed by atoms with Gasteiger partial charge in [-0.15, -0.1) is 0 Å². The fraction of sp³-hybridized carbons (Fsp3) is 0.143. The van der Waals surface area contributed by atoms with Gasteiger partial charge in [0.2, 0.25) is 0 Å². The molecule has 0 N–H and O–H groups in total. The predicted molar refractivity (Wildman–Crippen MR) is 99.6 cm³/mol. The molecule has 0 fully saturated rings. The summed E-state index contributed by atoms with van der Waals surface area (Å²) in [6.07, 6.45) is 0. The van der Waals surface area contributed by atoms with Gasteiger partial charge in [0.05, 0.1) is 7.11 Å². The third kappa shape index (κ3) is 3.85. The van der Waals surface area contributed by atoms with E-state index in [-0.39, 0.29) is 6.07 Å². The topological polar surface area (TPSA) is 9.23 Å². The standard InChI is InChI=1S/2C7H3F4.C7H5F2O.Al/c2*1-3-6(10)4(8)2-5(9)7(3)11;1-10-7-3-2-5(8)4-6(7)9;/h2*1H3;2,4H,1H3;. The zero-order valence-corrected chi connectivity index (χ0v) is 18.1. The smallest absolute Gasteiger partial charge is 0.409 e. The summed E-state index contributed by atoms with van der Waals surface area (Å²) in [4.78, 5) is 0. The minimum Gasteiger partial charge on any atom is -0.495 e. The van der Waals surface area contributed by atoms with Crippen molar-refractivity contribution in [3.05, 3.63) is 81.4 Å². The molecule has 1 nitrogen and oxygen atoms in total. The summed E-state index contributed by atoms with van der Waals surface area (Å²) >= 11 is -4.80. The Hall–Kier alpha value is -2.71. The van der Waals surface area contributed by atoms with E-state index < -0.39 is 102 Å². The fourth-order valence-corrected chi connectivity index (χ4v) is 6.76. The summed E-state index contributed by atoms with van der Waals surface area (Å²) in [7, 11) is 0.803. The van der Waals surface area contributed by atoms with E-state index in [9.17, 15) is 43.9 Å². The monoisotopic (exact) mass is 496 g/mol. The highest BCUT2D eigenvalue weighted by molar-refractivity contribution is 6.96. The van der Waals surface area contributed by atoms with Gasteiger partial charge >= 0.3 is 14.1 Å². The van der Waals surface area contributed by atoms with Gasteiger partial charge in [0, 0.05) is 17.2 Å². The third-order valence-electron chi connectivity index (χ3n) is 5.16. The second-order valence-corrected chi connectivity index (χ2v) is 9.68. The van der Waals surface area contributed by atoms with Gasteiger partial charge in [-0.1, -0.05) is 4.43 Å². The fourth-order valence-electron chi connectivity index (χ4n) is 3.49. The Labute approximate surface area is 184 Å². The molecule has 0 amide bonds. The lowest BCUT2D eigenvalue weighted by Gasteiger charge is -2.21. The Morgan fingerprint density at radius 2 is 0.939 bits per heavy atom. The molecule has 0 saturated carbocycles. The molecule has 3 aromatic carbocycles. The normalized spacial score (nSPS) is 11.2. The molecule has 0 unspecified atom stereocenters. The molecule has 0 saturated heterocycles. The van der Waals surface area contributed by atoms with Crippen molar-refractivity contribution in [3.8, 4) is 5.75 Å². The molecule has 0 aliphatic heterocycles. The van der Waals surface area contributed by atoms with E-state index in [4.69, 9.17) is 4.74 Å². The van der Waals surface area contributed by atoms with Crippen molar-refractivity contribution in [1.82, 2.24) is 0 Å². The van der Waals surface area contributed by atoms with Crippen molar-refractivity contribution in [3.63, 3.8) is 0 Å². The number of ether oxygens (including phenoxy) is 1. The van der Waals surface area contributed by atoms with Crippen LogP contribution in [0.5, 0.6) is 5.75 Å². The van der Waals surface area contributed by atoms with Gasteiger partial charge in [0.15, 0.2) is 29.1 Å². The summed E-state index contributed by atoms with van der Waals surface area (Å²) in [6, 6.07) is 0.599. The number of halogens is 10. The van der Waals surface area contributed by atoms with E-state index in [0.717, 1.165) is 7.11 Å². The SMILES string of the molecule is COc1c(F)cc(F)c[c]1[Al]([c]1c(F)c(F)c(C)c(F)c1F)[c]1c(F)c(F)c(C)c(F)c1F. The lowest BCUT2D eigenvalue weighted by molar-refractivity contribution is 0.387. The van der Waals surface area contributed by atoms with Crippen LogP contribution in [0.15, 0.2) is 12.1 Å². The van der Waals surface area contributed by atoms with Gasteiger partial charge in [-0.05, 0) is 28.8 Å². The van der Waals surface area contributed by atoms with Crippen molar-refractivity contribution in [1.29, 1.82) is 0 Å². The van der Waals surface area contributed by atoms with E-state index in [0.29, 0.717) is 19.9 Å². The second-order valence-electron chi connectivity index (χ2n) is 7.03. The van der Waals surface area contributed by atoms with E-state index in [2.05, 4.69) is 0 Å². The van der Waals surface area contributed by atoms with Crippen molar-refractivity contribution in [2.75, 3.05) is 7.11 Å². The quantitative estimate of drug-likeness (QED) is 0.299. The van der Waals surface area contributed by atoms with Gasteiger partial charge in [-0.25, -0.2) is 43.9 Å². The van der Waals surface area contributed by atoms with Crippen molar-refractivity contribution in [2.45, 2.75) is 13.8 Å². The van der Waals surface area contributed by atoms with Crippen LogP contribution >= 0.6 is 0 Å². The molecule has 33 heavy (non-hydrogen) atoms. The van der Waals surface area contributed by atoms with Crippen molar-refractivity contribution >= 4 is 27.4 Å². The van der Waals surface area contributed by atoms with Crippen LogP contribution in [-0.2, 0) is 0 Å². The Kier molecular flexibility index (Phi) is 6.73. The molecule has 0 bridgehead atoms. The van der Waals surface area contributed by atoms with Crippen LogP contribution in [0.4, 0.5) is 43.9 Å². The zero-order valence-electron chi connectivity index (χ0n) is 16.9. The summed E-state index contributed by atoms with van der Waals surface area (Å²) < 4.78 is 146. The number of rotatable bonds is 4. The lowest BCUT2D eigenvalue weighted by Crippen LogP contribution is -2.58. The number of hydrogen-bond donors (Lipinski definition) is 0. The van der Waals surface area contributed by atoms with Crippen LogP contribution in [0.3, 0.4) is 0 Å². The molecule has 3 aromatic rings. The highest BCUT2D eigenvalue weighted by atomic mass is 27.2. The first-order valence-electron chi connectivity index (χ1n) is 9.02. The van der Waals surface area contributed by atoms with E-state index in [1.807, 2.05) is 0 Å². The number of methoxy groups -OCH3 is 1. The Balaban J connectivity index is 2.62. The van der Waals surface area contributed by atoms with Crippen LogP contribution < -0.4 is 18.0 Å². The first-order chi connectivity index (χ1) is 15.3. The van der Waals surface area contributed by atoms with Crippen molar-refractivity contribution < 1.29 is 48.6 Å². The molecule has 0 heterocycles. The molecular formula is C21H11AlF10O. The van der Waals surface area contributed by atoms with Crippen LogP contribution in [0, 0.1) is 72.0 Å². The van der Waals surface area contributed by atoms with Crippen LogP contribution in [0.1, 0.15) is 11.1 Å². The summed E-state index contributed by atoms with van der Waals surface area (Å²) in [5, 5.41) is 0. The average molecular weight is 496 g/mol. The molecule has 0 aromatic heterocycles. The molecule has 0 aliphatic carbocycles. The highest BCUT2D eigenvalue weighted by Gasteiger charge is 2.43. The second kappa shape index (κ2) is 8.91. The molecule has 174 valence electrons. The first kappa shape index (κ1) is 24.9. The molecule has 0 radical (unpaired) electrons. The van der Waals surface area contributed by atoms with Gasteiger partial charge in [0.25, 0.3) is 0 Å². The number of hydrogen-bond acceptors (Lipinski definition) is 1. The first-order valence-corrected chi connectivity index (χ1v) is 10.8. The lowest BCUT2D eigenvalue weighted by atomic mass is 10.2. The summed E-state index contributed by atoms with van der Waals surface area (Å²) in [5.74, 6) is -20.4. The van der Waals surface area contributed by atoms with E-state index in [1.165, 1.54) is 0 Å². The molecule has 0 spiro atoms. The largest absolute Gasteiger partial charge is 0.495 e. The van der Waals surface area contributed by atoms with Gasteiger partial charge < -0.3 is 4.74 Å². The van der Waals surface area contributed by atoms with E-state index >= 15 is 0 Å². The predicted octanol–water partition coefficient (Wildman–Crippen LogP) is 4.22. The Bertz CT molecular complexity index is 1160. The molecule has 0 atom stereocenters. The Morgan fingerprint density at radius 1 is 0.576 bits per heavy atom. The molecular weight excluding hydrogens is 485 g/mol. The molecule has 0 aliphatic rings. The van der Waals surface area contributed by atoms with Crippen LogP contribution in [-0.4, -0.2) is 21.3 Å². The minimum atomic E-state index is -4.80. The number of benzene rings is 3. The third-order valence-corrected chi connectivity index (χ3v) is 8.38. The average Bonchev–Trinajstić information content (AvgIpc) is 2.77. The van der Waals surface area contributed by atoms with Crippen LogP contribution in [0.2, 0.25) is 0 Å². The maximum Gasteiger partial charge on any atom is 0.409 e. The van der Waals surface area contributed by atoms with Gasteiger partial charge in [0.1, 0.15) is 34.8 Å². The maximum atomic E-state index is 14.9. The highest BCUT2D eigenvalue weighted by Crippen LogP contribution is 2.24. The molecule has 12 heteroatoms.